The Morgan fingerprint density at radius 1 is 1.08 bits per heavy atom. The van der Waals surface area contributed by atoms with Crippen molar-refractivity contribution < 1.29 is 13.5 Å². The molecule has 0 fully saturated rings. The minimum absolute atomic E-state index is 0.136. The SMILES string of the molecule is CC(CCc1ccccc1S(N)(=O)=O)NC[C@@H](O)c1ccccc1. The molecular formula is C18H24N2O3S. The lowest BCUT2D eigenvalue weighted by Crippen LogP contribution is -2.31. The van der Waals surface area contributed by atoms with E-state index in [1.54, 1.807) is 18.2 Å². The van der Waals surface area contributed by atoms with Gasteiger partial charge in [0.05, 0.1) is 11.0 Å². The van der Waals surface area contributed by atoms with Gasteiger partial charge >= 0.3 is 0 Å². The molecule has 0 amide bonds. The summed E-state index contributed by atoms with van der Waals surface area (Å²) in [5.41, 5.74) is 1.59. The lowest BCUT2D eigenvalue weighted by molar-refractivity contribution is 0.170. The second kappa shape index (κ2) is 8.39. The molecule has 6 heteroatoms. The highest BCUT2D eigenvalue weighted by Gasteiger charge is 2.14. The van der Waals surface area contributed by atoms with Gasteiger partial charge in [0.1, 0.15) is 0 Å². The Labute approximate surface area is 143 Å². The van der Waals surface area contributed by atoms with E-state index in [-0.39, 0.29) is 10.9 Å². The van der Waals surface area contributed by atoms with E-state index in [4.69, 9.17) is 5.14 Å². The summed E-state index contributed by atoms with van der Waals surface area (Å²) in [6.45, 7) is 2.46. The predicted molar refractivity (Wildman–Crippen MR) is 95.0 cm³/mol. The maximum atomic E-state index is 11.6. The second-order valence-electron chi connectivity index (χ2n) is 5.93. The van der Waals surface area contributed by atoms with Crippen LogP contribution in [-0.4, -0.2) is 26.1 Å². The highest BCUT2D eigenvalue weighted by atomic mass is 32.2. The number of primary sulfonamides is 1. The Morgan fingerprint density at radius 3 is 2.38 bits per heavy atom. The Kier molecular flexibility index (Phi) is 6.51. The van der Waals surface area contributed by atoms with Crippen LogP contribution in [-0.2, 0) is 16.4 Å². The van der Waals surface area contributed by atoms with E-state index in [2.05, 4.69) is 5.32 Å². The van der Waals surface area contributed by atoms with Crippen molar-refractivity contribution in [3.8, 4) is 0 Å². The van der Waals surface area contributed by atoms with Crippen molar-refractivity contribution in [3.05, 3.63) is 65.7 Å². The first kappa shape index (κ1) is 18.6. The highest BCUT2D eigenvalue weighted by Crippen LogP contribution is 2.17. The molecule has 2 atom stereocenters. The van der Waals surface area contributed by atoms with Crippen molar-refractivity contribution in [1.29, 1.82) is 0 Å². The van der Waals surface area contributed by atoms with Crippen molar-refractivity contribution in [2.75, 3.05) is 6.54 Å². The van der Waals surface area contributed by atoms with Gasteiger partial charge in [0.2, 0.25) is 10.0 Å². The molecule has 0 aromatic heterocycles. The molecule has 1 unspecified atom stereocenters. The van der Waals surface area contributed by atoms with E-state index in [1.165, 1.54) is 6.07 Å². The first-order valence-corrected chi connectivity index (χ1v) is 9.49. The van der Waals surface area contributed by atoms with Crippen molar-refractivity contribution >= 4 is 10.0 Å². The van der Waals surface area contributed by atoms with E-state index in [1.807, 2.05) is 37.3 Å². The minimum Gasteiger partial charge on any atom is -0.387 e. The van der Waals surface area contributed by atoms with E-state index < -0.39 is 16.1 Å². The van der Waals surface area contributed by atoms with Crippen molar-refractivity contribution in [2.24, 2.45) is 5.14 Å². The van der Waals surface area contributed by atoms with E-state index in [0.29, 0.717) is 13.0 Å². The number of nitrogens with two attached hydrogens (primary N) is 1. The van der Waals surface area contributed by atoms with Gasteiger partial charge in [0, 0.05) is 12.6 Å². The number of aliphatic hydroxyl groups is 1. The van der Waals surface area contributed by atoms with Gasteiger partial charge < -0.3 is 10.4 Å². The Bertz CT molecular complexity index is 748. The molecule has 130 valence electrons. The topological polar surface area (TPSA) is 92.4 Å². The summed E-state index contributed by atoms with van der Waals surface area (Å²) in [5, 5.41) is 18.7. The summed E-state index contributed by atoms with van der Waals surface area (Å²) in [6, 6.07) is 16.4. The molecule has 5 nitrogen and oxygen atoms in total. The molecule has 0 saturated heterocycles. The maximum Gasteiger partial charge on any atom is 0.238 e. The smallest absolute Gasteiger partial charge is 0.238 e. The molecule has 0 radical (unpaired) electrons. The van der Waals surface area contributed by atoms with Crippen LogP contribution in [0.1, 0.15) is 30.6 Å². The van der Waals surface area contributed by atoms with Crippen molar-refractivity contribution in [1.82, 2.24) is 5.32 Å². The summed E-state index contributed by atoms with van der Waals surface area (Å²) in [6.07, 6.45) is 0.779. The molecule has 4 N–H and O–H groups in total. The van der Waals surface area contributed by atoms with Gasteiger partial charge in [-0.3, -0.25) is 0 Å². The molecule has 24 heavy (non-hydrogen) atoms. The molecule has 2 aromatic rings. The fourth-order valence-electron chi connectivity index (χ4n) is 2.57. The van der Waals surface area contributed by atoms with Crippen LogP contribution in [0.5, 0.6) is 0 Å². The Balaban J connectivity index is 1.87. The number of aryl methyl sites for hydroxylation is 1. The average molecular weight is 348 g/mol. The van der Waals surface area contributed by atoms with Crippen LogP contribution in [0.3, 0.4) is 0 Å². The van der Waals surface area contributed by atoms with Gasteiger partial charge in [-0.15, -0.1) is 0 Å². The Morgan fingerprint density at radius 2 is 1.71 bits per heavy atom. The summed E-state index contributed by atoms with van der Waals surface area (Å²) in [7, 11) is -3.70. The zero-order chi connectivity index (χ0) is 17.6. The van der Waals surface area contributed by atoms with Gasteiger partial charge in [-0.25, -0.2) is 13.6 Å². The standard InChI is InChI=1S/C18H24N2O3S/c1-14(20-13-17(21)15-7-3-2-4-8-15)11-12-16-9-5-6-10-18(16)24(19,22)23/h2-10,14,17,20-21H,11-13H2,1H3,(H2,19,22,23)/t14?,17-/m1/s1. The van der Waals surface area contributed by atoms with Gasteiger partial charge in [-0.2, -0.15) is 0 Å². The summed E-state index contributed by atoms with van der Waals surface area (Å²) in [4.78, 5) is 0.182. The third kappa shape index (κ3) is 5.42. The van der Waals surface area contributed by atoms with E-state index in [0.717, 1.165) is 17.5 Å². The number of sulfonamides is 1. The third-order valence-corrected chi connectivity index (χ3v) is 4.98. The summed E-state index contributed by atoms with van der Waals surface area (Å²) in [5.74, 6) is 0. The lowest BCUT2D eigenvalue weighted by atomic mass is 10.1. The quantitative estimate of drug-likeness (QED) is 0.680. The number of nitrogens with one attached hydrogen (secondary N) is 1. The minimum atomic E-state index is -3.70. The number of hydrogen-bond donors (Lipinski definition) is 3. The molecule has 0 saturated carbocycles. The molecule has 0 aliphatic carbocycles. The number of hydrogen-bond acceptors (Lipinski definition) is 4. The highest BCUT2D eigenvalue weighted by molar-refractivity contribution is 7.89. The van der Waals surface area contributed by atoms with Crippen LogP contribution in [0.15, 0.2) is 59.5 Å². The molecule has 0 bridgehead atoms. The Hall–Kier alpha value is -1.73. The van der Waals surface area contributed by atoms with Crippen LogP contribution in [0.25, 0.3) is 0 Å². The summed E-state index contributed by atoms with van der Waals surface area (Å²) >= 11 is 0. The zero-order valence-electron chi connectivity index (χ0n) is 13.7. The molecule has 0 aliphatic rings. The van der Waals surface area contributed by atoms with Gasteiger partial charge in [-0.05, 0) is 37.0 Å². The van der Waals surface area contributed by atoms with E-state index >= 15 is 0 Å². The number of rotatable bonds is 8. The molecule has 0 heterocycles. The number of aliphatic hydroxyl groups excluding tert-OH is 1. The van der Waals surface area contributed by atoms with Crippen LogP contribution < -0.4 is 10.5 Å². The zero-order valence-corrected chi connectivity index (χ0v) is 14.5. The third-order valence-electron chi connectivity index (χ3n) is 3.97. The van der Waals surface area contributed by atoms with Crippen molar-refractivity contribution in [2.45, 2.75) is 36.8 Å². The van der Waals surface area contributed by atoms with Crippen molar-refractivity contribution in [3.63, 3.8) is 0 Å². The predicted octanol–water partition coefficient (Wildman–Crippen LogP) is 1.98. The average Bonchev–Trinajstić information content (AvgIpc) is 2.58. The van der Waals surface area contributed by atoms with Gasteiger partial charge in [0.25, 0.3) is 0 Å². The van der Waals surface area contributed by atoms with E-state index in [9.17, 15) is 13.5 Å². The largest absolute Gasteiger partial charge is 0.387 e. The summed E-state index contributed by atoms with van der Waals surface area (Å²) < 4.78 is 23.2. The molecule has 2 aromatic carbocycles. The maximum absolute atomic E-state index is 11.6. The second-order valence-corrected chi connectivity index (χ2v) is 7.46. The number of benzene rings is 2. The fraction of sp³-hybridized carbons (Fsp3) is 0.333. The monoisotopic (exact) mass is 348 g/mol. The van der Waals surface area contributed by atoms with Crippen LogP contribution >= 0.6 is 0 Å². The van der Waals surface area contributed by atoms with Crippen LogP contribution in [0.2, 0.25) is 0 Å². The molecule has 2 rings (SSSR count). The normalized spacial score (nSPS) is 14.3. The first-order chi connectivity index (χ1) is 11.4. The van der Waals surface area contributed by atoms with Gasteiger partial charge in [0.15, 0.2) is 0 Å². The lowest BCUT2D eigenvalue weighted by Gasteiger charge is -2.18. The molecule has 0 aliphatic heterocycles. The first-order valence-electron chi connectivity index (χ1n) is 7.95. The van der Waals surface area contributed by atoms with Crippen LogP contribution in [0.4, 0.5) is 0 Å². The van der Waals surface area contributed by atoms with Gasteiger partial charge in [-0.1, -0.05) is 48.5 Å². The molecule has 0 spiro atoms. The fourth-order valence-corrected chi connectivity index (χ4v) is 3.37. The molecular weight excluding hydrogens is 324 g/mol. The van der Waals surface area contributed by atoms with Crippen LogP contribution in [0, 0.1) is 0 Å².